The molecule has 0 aromatic rings. The second kappa shape index (κ2) is 2.73. The predicted molar refractivity (Wildman–Crippen MR) is 45.3 cm³/mol. The van der Waals surface area contributed by atoms with Crippen LogP contribution < -0.4 is 0 Å². The summed E-state index contributed by atoms with van der Waals surface area (Å²) in [5, 5.41) is 0. The Kier molecular flexibility index (Phi) is 2.04. The third-order valence-corrected chi connectivity index (χ3v) is 2.41. The van der Waals surface area contributed by atoms with Gasteiger partial charge < -0.3 is 4.90 Å². The van der Waals surface area contributed by atoms with Crippen LogP contribution in [0.2, 0.25) is 0 Å². The summed E-state index contributed by atoms with van der Waals surface area (Å²) in [5.41, 5.74) is 1.45. The van der Waals surface area contributed by atoms with Gasteiger partial charge in [-0.2, -0.15) is 0 Å². The molecule has 1 rings (SSSR count). The van der Waals surface area contributed by atoms with Crippen molar-refractivity contribution in [2.24, 2.45) is 5.92 Å². The van der Waals surface area contributed by atoms with Crippen molar-refractivity contribution in [2.75, 3.05) is 7.05 Å². The molecule has 0 aromatic carbocycles. The molecule has 0 saturated heterocycles. The van der Waals surface area contributed by atoms with Crippen molar-refractivity contribution in [2.45, 2.75) is 20.8 Å². The predicted octanol–water partition coefficient (Wildman–Crippen LogP) is 0.957. The van der Waals surface area contributed by atoms with E-state index in [2.05, 4.69) is 0 Å². The van der Waals surface area contributed by atoms with Gasteiger partial charge in [-0.3, -0.25) is 9.59 Å². The van der Waals surface area contributed by atoms with Gasteiger partial charge in [-0.1, -0.05) is 0 Å². The van der Waals surface area contributed by atoms with Crippen LogP contribution in [0.25, 0.3) is 0 Å². The zero-order valence-corrected chi connectivity index (χ0v) is 7.84. The monoisotopic (exact) mass is 167 g/mol. The minimum absolute atomic E-state index is 0.00213. The zero-order chi connectivity index (χ0) is 9.46. The Labute approximate surface area is 72.0 Å². The second-order valence-electron chi connectivity index (χ2n) is 3.17. The summed E-state index contributed by atoms with van der Waals surface area (Å²) in [6.45, 7) is 5.08. The first kappa shape index (κ1) is 8.97. The first-order valence-electron chi connectivity index (χ1n) is 3.96. The number of hydrogen-bond acceptors (Lipinski definition) is 2. The molecule has 3 nitrogen and oxygen atoms in total. The summed E-state index contributed by atoms with van der Waals surface area (Å²) >= 11 is 0. The number of allylic oxidation sites excluding steroid dienone is 1. The normalized spacial score (nSPS) is 23.8. The van der Waals surface area contributed by atoms with Gasteiger partial charge in [0.1, 0.15) is 0 Å². The molecule has 1 aliphatic rings. The molecule has 1 heterocycles. The lowest BCUT2D eigenvalue weighted by Crippen LogP contribution is -2.22. The number of ketones is 1. The third kappa shape index (κ3) is 1.05. The Morgan fingerprint density at radius 3 is 2.17 bits per heavy atom. The molecular formula is C9H13NO2. The van der Waals surface area contributed by atoms with E-state index in [4.69, 9.17) is 0 Å². The molecule has 12 heavy (non-hydrogen) atoms. The molecule has 0 radical (unpaired) electrons. The summed E-state index contributed by atoms with van der Waals surface area (Å²) in [4.78, 5) is 24.0. The van der Waals surface area contributed by atoms with Crippen LogP contribution in [0.5, 0.6) is 0 Å². The molecule has 3 heteroatoms. The molecule has 0 aromatic heterocycles. The van der Waals surface area contributed by atoms with E-state index in [1.165, 1.54) is 6.92 Å². The van der Waals surface area contributed by atoms with Crippen LogP contribution in [0, 0.1) is 5.92 Å². The van der Waals surface area contributed by atoms with Crippen molar-refractivity contribution in [3.05, 3.63) is 11.3 Å². The van der Waals surface area contributed by atoms with E-state index < -0.39 is 0 Å². The first-order chi connectivity index (χ1) is 5.46. The van der Waals surface area contributed by atoms with Crippen LogP contribution in [0.1, 0.15) is 20.8 Å². The van der Waals surface area contributed by atoms with Gasteiger partial charge in [0.15, 0.2) is 5.78 Å². The highest BCUT2D eigenvalue weighted by atomic mass is 16.2. The molecule has 0 N–H and O–H groups in total. The summed E-state index contributed by atoms with van der Waals surface area (Å²) in [6, 6.07) is 0. The fraction of sp³-hybridized carbons (Fsp3) is 0.556. The van der Waals surface area contributed by atoms with E-state index in [1.807, 2.05) is 0 Å². The van der Waals surface area contributed by atoms with Gasteiger partial charge in [0.25, 0.3) is 0 Å². The summed E-state index contributed by atoms with van der Waals surface area (Å²) in [5.74, 6) is -0.247. The van der Waals surface area contributed by atoms with Crippen molar-refractivity contribution < 1.29 is 9.59 Å². The molecule has 1 unspecified atom stereocenters. The van der Waals surface area contributed by atoms with Crippen molar-refractivity contribution in [1.29, 1.82) is 0 Å². The molecule has 0 bridgehead atoms. The van der Waals surface area contributed by atoms with E-state index in [0.29, 0.717) is 5.57 Å². The summed E-state index contributed by atoms with van der Waals surface area (Å²) in [7, 11) is 1.70. The van der Waals surface area contributed by atoms with Crippen LogP contribution >= 0.6 is 0 Å². The highest BCUT2D eigenvalue weighted by molar-refractivity contribution is 6.04. The Balaban J connectivity index is 3.13. The number of hydrogen-bond donors (Lipinski definition) is 0. The van der Waals surface area contributed by atoms with Gasteiger partial charge >= 0.3 is 0 Å². The quantitative estimate of drug-likeness (QED) is 0.583. The smallest absolute Gasteiger partial charge is 0.233 e. The molecule has 0 fully saturated rings. The number of carbonyl (C=O) groups excluding carboxylic acids is 2. The van der Waals surface area contributed by atoms with Crippen molar-refractivity contribution in [3.63, 3.8) is 0 Å². The molecule has 1 aliphatic heterocycles. The lowest BCUT2D eigenvalue weighted by atomic mass is 9.99. The topological polar surface area (TPSA) is 37.4 Å². The van der Waals surface area contributed by atoms with Gasteiger partial charge in [0.2, 0.25) is 5.91 Å². The largest absolute Gasteiger partial charge is 0.319 e. The number of Topliss-reactive ketones (excluding diaryl/α,β-unsaturated/α-hetero) is 1. The van der Waals surface area contributed by atoms with Crippen molar-refractivity contribution in [1.82, 2.24) is 4.90 Å². The Bertz CT molecular complexity index is 278. The SMILES string of the molecule is CC(=O)C1=C(C)N(C)C(=O)C1C. The molecule has 0 aliphatic carbocycles. The first-order valence-corrected chi connectivity index (χ1v) is 3.96. The van der Waals surface area contributed by atoms with Crippen LogP contribution in [0.3, 0.4) is 0 Å². The fourth-order valence-corrected chi connectivity index (χ4v) is 1.63. The molecule has 1 atom stereocenters. The standard InChI is InChI=1S/C9H13NO2/c1-5-8(7(3)11)6(2)10(4)9(5)12/h5H,1-4H3. The Morgan fingerprint density at radius 1 is 1.50 bits per heavy atom. The van der Waals surface area contributed by atoms with E-state index in [1.54, 1.807) is 25.8 Å². The highest BCUT2D eigenvalue weighted by Gasteiger charge is 2.34. The van der Waals surface area contributed by atoms with Gasteiger partial charge in [-0.25, -0.2) is 0 Å². The number of carbonyl (C=O) groups is 2. The van der Waals surface area contributed by atoms with Gasteiger partial charge in [0.05, 0.1) is 5.92 Å². The van der Waals surface area contributed by atoms with Crippen LogP contribution in [0.15, 0.2) is 11.3 Å². The Morgan fingerprint density at radius 2 is 2.00 bits per heavy atom. The molecule has 0 saturated carbocycles. The molecule has 66 valence electrons. The van der Waals surface area contributed by atoms with E-state index in [0.717, 1.165) is 5.70 Å². The van der Waals surface area contributed by atoms with Gasteiger partial charge in [-0.05, 0) is 20.8 Å². The number of nitrogens with zero attached hydrogens (tertiary/aromatic N) is 1. The van der Waals surface area contributed by atoms with Crippen molar-refractivity contribution >= 4 is 11.7 Å². The maximum Gasteiger partial charge on any atom is 0.233 e. The number of rotatable bonds is 1. The molecule has 1 amide bonds. The minimum Gasteiger partial charge on any atom is -0.319 e. The zero-order valence-electron chi connectivity index (χ0n) is 7.84. The summed E-state index contributed by atoms with van der Waals surface area (Å²) < 4.78 is 0. The van der Waals surface area contributed by atoms with Crippen LogP contribution in [0.4, 0.5) is 0 Å². The van der Waals surface area contributed by atoms with E-state index in [9.17, 15) is 9.59 Å². The maximum absolute atomic E-state index is 11.4. The highest BCUT2D eigenvalue weighted by Crippen LogP contribution is 2.27. The van der Waals surface area contributed by atoms with Gasteiger partial charge in [-0.15, -0.1) is 0 Å². The average molecular weight is 167 g/mol. The number of amides is 1. The lowest BCUT2D eigenvalue weighted by molar-refractivity contribution is -0.129. The third-order valence-electron chi connectivity index (χ3n) is 2.41. The lowest BCUT2D eigenvalue weighted by Gasteiger charge is -2.09. The molecular weight excluding hydrogens is 154 g/mol. The summed E-state index contributed by atoms with van der Waals surface area (Å²) in [6.07, 6.45) is 0. The van der Waals surface area contributed by atoms with Crippen LogP contribution in [-0.2, 0) is 9.59 Å². The van der Waals surface area contributed by atoms with E-state index in [-0.39, 0.29) is 17.6 Å². The van der Waals surface area contributed by atoms with E-state index >= 15 is 0 Å². The molecule has 0 spiro atoms. The van der Waals surface area contributed by atoms with Crippen molar-refractivity contribution in [3.8, 4) is 0 Å². The van der Waals surface area contributed by atoms with Crippen LogP contribution in [-0.4, -0.2) is 23.6 Å². The second-order valence-corrected chi connectivity index (χ2v) is 3.17. The minimum atomic E-state index is -0.257. The fourth-order valence-electron chi connectivity index (χ4n) is 1.63. The average Bonchev–Trinajstić information content (AvgIpc) is 2.16. The Hall–Kier alpha value is -1.12. The van der Waals surface area contributed by atoms with Gasteiger partial charge in [0, 0.05) is 18.3 Å². The maximum atomic E-state index is 11.4.